The number of aliphatic carboxylic acids is 1. The largest absolute Gasteiger partial charge is 0.480 e. The molecule has 2 heterocycles. The Labute approximate surface area is 227 Å². The summed E-state index contributed by atoms with van der Waals surface area (Å²) in [5, 5.41) is 9.96. The number of nitrogens with zero attached hydrogens (tertiary/aromatic N) is 3. The summed E-state index contributed by atoms with van der Waals surface area (Å²) in [5.41, 5.74) is 0.379. The van der Waals surface area contributed by atoms with E-state index in [2.05, 4.69) is 11.6 Å². The molecule has 1 aliphatic carbocycles. The van der Waals surface area contributed by atoms with E-state index < -0.39 is 17.6 Å². The molecule has 1 saturated heterocycles. The average molecular weight is 551 g/mol. The summed E-state index contributed by atoms with van der Waals surface area (Å²) in [5.74, 6) is -1.13. The quantitative estimate of drug-likeness (QED) is 0.302. The highest BCUT2D eigenvalue weighted by Crippen LogP contribution is 2.42. The number of carboxylic acids is 1. The number of amides is 1. The van der Waals surface area contributed by atoms with Gasteiger partial charge in [-0.1, -0.05) is 36.2 Å². The van der Waals surface area contributed by atoms with Crippen molar-refractivity contribution in [3.63, 3.8) is 0 Å². The molecule has 1 aromatic carbocycles. The van der Waals surface area contributed by atoms with Crippen molar-refractivity contribution in [2.45, 2.75) is 56.8 Å². The Morgan fingerprint density at radius 3 is 2.65 bits per heavy atom. The van der Waals surface area contributed by atoms with Gasteiger partial charge in [-0.15, -0.1) is 11.6 Å². The van der Waals surface area contributed by atoms with Gasteiger partial charge in [0.15, 0.2) is 18.2 Å². The van der Waals surface area contributed by atoms with Crippen LogP contribution in [0.15, 0.2) is 48.8 Å². The smallest absolute Gasteiger partial charge is 0.326 e. The summed E-state index contributed by atoms with van der Waals surface area (Å²) in [6.45, 7) is 0.792. The van der Waals surface area contributed by atoms with Gasteiger partial charge in [0.05, 0.1) is 0 Å². The van der Waals surface area contributed by atoms with E-state index in [0.29, 0.717) is 42.8 Å². The number of ether oxygens (including phenoxy) is 1. The highest BCUT2D eigenvalue weighted by atomic mass is 35.5. The van der Waals surface area contributed by atoms with Gasteiger partial charge in [0.2, 0.25) is 0 Å². The van der Waals surface area contributed by atoms with Crippen LogP contribution in [0.25, 0.3) is 0 Å². The Bertz CT molecular complexity index is 1110. The van der Waals surface area contributed by atoms with Crippen molar-refractivity contribution in [2.24, 2.45) is 0 Å². The molecule has 1 aromatic heterocycles. The van der Waals surface area contributed by atoms with Gasteiger partial charge >= 0.3 is 5.97 Å². The fourth-order valence-electron chi connectivity index (χ4n) is 5.26. The van der Waals surface area contributed by atoms with Crippen molar-refractivity contribution >= 4 is 40.9 Å². The Morgan fingerprint density at radius 2 is 1.95 bits per heavy atom. The van der Waals surface area contributed by atoms with Crippen molar-refractivity contribution in [3.8, 4) is 0 Å². The second-order valence-corrected chi connectivity index (χ2v) is 9.64. The first-order valence-corrected chi connectivity index (χ1v) is 13.5. The number of carboxylic acid groups (broad SMARTS) is 1. The zero-order valence-corrected chi connectivity index (χ0v) is 22.7. The molecule has 2 fully saturated rings. The molecule has 8 nitrogen and oxygen atoms in total. The number of carbonyl (C=O) groups is 3. The van der Waals surface area contributed by atoms with Gasteiger partial charge in [-0.05, 0) is 50.4 Å². The van der Waals surface area contributed by atoms with Gasteiger partial charge in [-0.25, -0.2) is 4.79 Å². The zero-order valence-electron chi connectivity index (χ0n) is 21.2. The van der Waals surface area contributed by atoms with Crippen LogP contribution in [0.2, 0.25) is 5.02 Å². The van der Waals surface area contributed by atoms with Crippen LogP contribution in [0.1, 0.15) is 54.4 Å². The molecule has 2 aliphatic rings. The molecule has 0 bridgehead atoms. The van der Waals surface area contributed by atoms with Crippen LogP contribution >= 0.6 is 23.2 Å². The molecular formula is C27H34Cl2N3O5+. The molecule has 200 valence electrons. The minimum Gasteiger partial charge on any atom is -0.480 e. The number of hydrogen-bond donors (Lipinski definition) is 1. The predicted octanol–water partition coefficient (Wildman–Crippen LogP) is 4.07. The van der Waals surface area contributed by atoms with Crippen LogP contribution in [0, 0.1) is 0 Å². The first-order chi connectivity index (χ1) is 17.8. The van der Waals surface area contributed by atoms with Gasteiger partial charge < -0.3 is 14.7 Å². The molecule has 1 saturated carbocycles. The third-order valence-electron chi connectivity index (χ3n) is 7.05. The molecule has 2 atom stereocenters. The number of alkyl halides is 1. The van der Waals surface area contributed by atoms with E-state index in [4.69, 9.17) is 16.3 Å². The maximum absolute atomic E-state index is 13.2. The summed E-state index contributed by atoms with van der Waals surface area (Å²) < 4.78 is 7.70. The first kappa shape index (κ1) is 29.0. The Morgan fingerprint density at radius 1 is 1.19 bits per heavy atom. The second kappa shape index (κ2) is 13.3. The average Bonchev–Trinajstić information content (AvgIpc) is 3.41. The number of benzene rings is 1. The molecule has 0 radical (unpaired) electrons. The number of pyridine rings is 1. The molecule has 1 amide bonds. The fraction of sp³-hybridized carbons (Fsp3) is 0.481. The number of ketones is 1. The number of halogens is 2. The Hall–Kier alpha value is -2.52. The first-order valence-electron chi connectivity index (χ1n) is 12.3. The Balaban J connectivity index is 0.00000186. The van der Waals surface area contributed by atoms with E-state index in [9.17, 15) is 19.5 Å². The lowest BCUT2D eigenvalue weighted by molar-refractivity contribution is -0.733. The van der Waals surface area contributed by atoms with Crippen molar-refractivity contribution in [1.82, 2.24) is 9.80 Å². The van der Waals surface area contributed by atoms with Gasteiger partial charge in [0.25, 0.3) is 12.6 Å². The standard InChI is InChI=1S/C26H30ClN3O5.CH3Cl/c1-28(26(13-5-4-12-23(26)31)20-9-2-3-10-21(20)27)17-35-18-29-14-6-8-19(16-29)24(32)30-15-7-11-22(30)25(33)34;1-2/h2-3,6,8-10,14,16,22H,4-5,7,11-13,15,17-18H2,1H3;1H3/p+1. The van der Waals surface area contributed by atoms with Gasteiger partial charge in [0, 0.05) is 30.4 Å². The lowest BCUT2D eigenvalue weighted by Crippen LogP contribution is -2.53. The molecular weight excluding hydrogens is 517 g/mol. The Kier molecular flexibility index (Phi) is 10.5. The minimum absolute atomic E-state index is 0.141. The summed E-state index contributed by atoms with van der Waals surface area (Å²) >= 11 is 11.2. The maximum atomic E-state index is 13.2. The van der Waals surface area contributed by atoms with Crippen molar-refractivity contribution < 1.29 is 28.8 Å². The second-order valence-electron chi connectivity index (χ2n) is 9.23. The summed E-state index contributed by atoms with van der Waals surface area (Å²) in [6, 6.07) is 10.1. The third kappa shape index (κ3) is 6.32. The number of Topliss-reactive ketones (excluding diaryl/α,β-unsaturated/α-hetero) is 1. The normalized spacial score (nSPS) is 21.5. The van der Waals surface area contributed by atoms with E-state index >= 15 is 0 Å². The van der Waals surface area contributed by atoms with Gasteiger partial charge in [-0.3, -0.25) is 14.5 Å². The highest BCUT2D eigenvalue weighted by Gasteiger charge is 2.46. The van der Waals surface area contributed by atoms with E-state index in [1.165, 1.54) is 11.3 Å². The van der Waals surface area contributed by atoms with Crippen molar-refractivity contribution in [3.05, 3.63) is 64.9 Å². The van der Waals surface area contributed by atoms with E-state index in [-0.39, 0.29) is 25.2 Å². The van der Waals surface area contributed by atoms with Crippen molar-refractivity contribution in [2.75, 3.05) is 26.7 Å². The molecule has 4 rings (SSSR count). The number of carbonyl (C=O) groups excluding carboxylic acids is 2. The predicted molar refractivity (Wildman–Crippen MR) is 140 cm³/mol. The van der Waals surface area contributed by atoms with Crippen molar-refractivity contribution in [1.29, 1.82) is 0 Å². The molecule has 1 aliphatic heterocycles. The van der Waals surface area contributed by atoms with E-state index in [1.807, 2.05) is 36.2 Å². The number of hydrogen-bond acceptors (Lipinski definition) is 5. The van der Waals surface area contributed by atoms with E-state index in [0.717, 1.165) is 18.4 Å². The number of likely N-dealkylation sites (tertiary alicyclic amines) is 1. The highest BCUT2D eigenvalue weighted by molar-refractivity contribution is 6.31. The van der Waals surface area contributed by atoms with Crippen LogP contribution in [0.3, 0.4) is 0 Å². The number of likely N-dealkylation sites (N-methyl/N-ethyl adjacent to an activating group) is 1. The van der Waals surface area contributed by atoms with Crippen LogP contribution in [0.5, 0.6) is 0 Å². The lowest BCUT2D eigenvalue weighted by atomic mass is 9.74. The van der Waals surface area contributed by atoms with Gasteiger partial charge in [0.1, 0.15) is 23.9 Å². The SMILES string of the molecule is CCl.CN(COC[n+]1cccc(C(=O)N2CCCC2C(=O)O)c1)C1(c2ccccc2Cl)CCCCC1=O. The summed E-state index contributed by atoms with van der Waals surface area (Å²) in [7, 11) is 1.87. The summed E-state index contributed by atoms with van der Waals surface area (Å²) in [4.78, 5) is 40.9. The minimum atomic E-state index is -0.976. The molecule has 2 aromatic rings. The van der Waals surface area contributed by atoms with Crippen LogP contribution < -0.4 is 4.57 Å². The van der Waals surface area contributed by atoms with Crippen LogP contribution in [-0.4, -0.2) is 65.3 Å². The van der Waals surface area contributed by atoms with Gasteiger partial charge in [-0.2, -0.15) is 4.57 Å². The number of rotatable bonds is 8. The maximum Gasteiger partial charge on any atom is 0.326 e. The monoisotopic (exact) mass is 550 g/mol. The third-order valence-corrected chi connectivity index (χ3v) is 7.38. The lowest BCUT2D eigenvalue weighted by Gasteiger charge is -2.43. The molecule has 10 heteroatoms. The molecule has 1 N–H and O–H groups in total. The molecule has 37 heavy (non-hydrogen) atoms. The van der Waals surface area contributed by atoms with Crippen LogP contribution in [-0.2, 0) is 26.6 Å². The fourth-order valence-corrected chi connectivity index (χ4v) is 5.55. The summed E-state index contributed by atoms with van der Waals surface area (Å²) in [6.07, 6.45) is 9.03. The topological polar surface area (TPSA) is 91.0 Å². The molecule has 2 unspecified atom stereocenters. The zero-order chi connectivity index (χ0) is 27.0. The van der Waals surface area contributed by atoms with E-state index in [1.54, 1.807) is 29.1 Å². The molecule has 0 spiro atoms. The van der Waals surface area contributed by atoms with Crippen LogP contribution in [0.4, 0.5) is 0 Å². The number of aromatic nitrogens is 1.